The Labute approximate surface area is 127 Å². The molecule has 8 nitrogen and oxygen atoms in total. The van der Waals surface area contributed by atoms with E-state index in [9.17, 15) is 9.59 Å². The van der Waals surface area contributed by atoms with Crippen molar-refractivity contribution >= 4 is 23.4 Å². The molecule has 0 radical (unpaired) electrons. The van der Waals surface area contributed by atoms with Crippen LogP contribution in [0.4, 0.5) is 11.5 Å². The second kappa shape index (κ2) is 6.70. The third-order valence-electron chi connectivity index (χ3n) is 2.99. The number of nitrogens with zero attached hydrogens (tertiary/aromatic N) is 3. The van der Waals surface area contributed by atoms with Gasteiger partial charge in [-0.25, -0.2) is 9.48 Å². The average molecular weight is 303 g/mol. The van der Waals surface area contributed by atoms with Crippen LogP contribution in [0.3, 0.4) is 0 Å². The molecule has 1 atom stereocenters. The van der Waals surface area contributed by atoms with Crippen molar-refractivity contribution in [3.63, 3.8) is 0 Å². The lowest BCUT2D eigenvalue weighted by Gasteiger charge is -2.13. The van der Waals surface area contributed by atoms with Crippen molar-refractivity contribution in [3.8, 4) is 0 Å². The number of aromatic nitrogens is 3. The fourth-order valence-corrected chi connectivity index (χ4v) is 1.81. The number of carbonyl (C=O) groups is 2. The summed E-state index contributed by atoms with van der Waals surface area (Å²) in [7, 11) is 0. The van der Waals surface area contributed by atoms with Crippen LogP contribution in [0.25, 0.3) is 0 Å². The lowest BCUT2D eigenvalue weighted by Crippen LogP contribution is -2.25. The van der Waals surface area contributed by atoms with Crippen LogP contribution in [0, 0.1) is 0 Å². The number of esters is 1. The summed E-state index contributed by atoms with van der Waals surface area (Å²) in [4.78, 5) is 23.8. The first-order valence-electron chi connectivity index (χ1n) is 6.78. The second-order valence-electron chi connectivity index (χ2n) is 4.52. The third kappa shape index (κ3) is 3.22. The fourth-order valence-electron chi connectivity index (χ4n) is 1.81. The monoisotopic (exact) mass is 303 g/mol. The normalized spacial score (nSPS) is 11.7. The maximum Gasteiger partial charge on any atom is 0.362 e. The number of hydrogen-bond acceptors (Lipinski definition) is 6. The van der Waals surface area contributed by atoms with E-state index in [2.05, 4.69) is 15.6 Å². The predicted molar refractivity (Wildman–Crippen MR) is 80.2 cm³/mol. The van der Waals surface area contributed by atoms with E-state index in [1.165, 1.54) is 4.68 Å². The molecule has 2 aromatic rings. The van der Waals surface area contributed by atoms with Crippen molar-refractivity contribution < 1.29 is 14.3 Å². The van der Waals surface area contributed by atoms with Crippen LogP contribution in [-0.4, -0.2) is 33.5 Å². The Morgan fingerprint density at radius 2 is 2.05 bits per heavy atom. The number of rotatable bonds is 5. The second-order valence-corrected chi connectivity index (χ2v) is 4.52. The maximum absolute atomic E-state index is 12.2. The highest BCUT2D eigenvalue weighted by Gasteiger charge is 2.24. The Morgan fingerprint density at radius 1 is 1.36 bits per heavy atom. The molecule has 0 aliphatic carbocycles. The Morgan fingerprint density at radius 3 is 2.68 bits per heavy atom. The lowest BCUT2D eigenvalue weighted by atomic mass is 10.2. The van der Waals surface area contributed by atoms with E-state index in [1.807, 2.05) is 18.2 Å². The summed E-state index contributed by atoms with van der Waals surface area (Å²) in [5, 5.41) is 10.2. The van der Waals surface area contributed by atoms with E-state index in [0.29, 0.717) is 5.69 Å². The first kappa shape index (κ1) is 15.5. The Bertz CT molecular complexity index is 668. The first-order chi connectivity index (χ1) is 10.5. The van der Waals surface area contributed by atoms with Crippen molar-refractivity contribution in [1.29, 1.82) is 0 Å². The SMILES string of the molecule is CCOC(=O)c1nnn(C(C)C(=O)Nc2ccccc2)c1N. The zero-order chi connectivity index (χ0) is 16.1. The molecule has 0 aliphatic heterocycles. The highest BCUT2D eigenvalue weighted by molar-refractivity contribution is 5.95. The highest BCUT2D eigenvalue weighted by Crippen LogP contribution is 2.17. The number of para-hydroxylation sites is 1. The largest absolute Gasteiger partial charge is 0.461 e. The number of amides is 1. The summed E-state index contributed by atoms with van der Waals surface area (Å²) >= 11 is 0. The average Bonchev–Trinajstić information content (AvgIpc) is 2.89. The van der Waals surface area contributed by atoms with Gasteiger partial charge >= 0.3 is 5.97 Å². The molecule has 116 valence electrons. The Hall–Kier alpha value is -2.90. The van der Waals surface area contributed by atoms with Gasteiger partial charge in [0.1, 0.15) is 6.04 Å². The molecule has 1 aromatic carbocycles. The topological polar surface area (TPSA) is 112 Å². The molecular formula is C14H17N5O3. The molecule has 1 aromatic heterocycles. The van der Waals surface area contributed by atoms with Gasteiger partial charge < -0.3 is 15.8 Å². The number of ether oxygens (including phenoxy) is 1. The number of nitrogens with two attached hydrogens (primary N) is 1. The molecule has 1 unspecified atom stereocenters. The summed E-state index contributed by atoms with van der Waals surface area (Å²) < 4.78 is 6.01. The van der Waals surface area contributed by atoms with Gasteiger partial charge in [-0.3, -0.25) is 4.79 Å². The summed E-state index contributed by atoms with van der Waals surface area (Å²) in [5.41, 5.74) is 6.38. The van der Waals surface area contributed by atoms with Crippen LogP contribution >= 0.6 is 0 Å². The van der Waals surface area contributed by atoms with E-state index >= 15 is 0 Å². The van der Waals surface area contributed by atoms with Crippen LogP contribution in [-0.2, 0) is 9.53 Å². The van der Waals surface area contributed by atoms with E-state index < -0.39 is 12.0 Å². The smallest absolute Gasteiger partial charge is 0.362 e. The van der Waals surface area contributed by atoms with Gasteiger partial charge in [0.25, 0.3) is 0 Å². The molecule has 1 heterocycles. The van der Waals surface area contributed by atoms with Crippen molar-refractivity contribution in [1.82, 2.24) is 15.0 Å². The number of nitrogens with one attached hydrogen (secondary N) is 1. The highest BCUT2D eigenvalue weighted by atomic mass is 16.5. The van der Waals surface area contributed by atoms with Crippen LogP contribution in [0.15, 0.2) is 30.3 Å². The molecular weight excluding hydrogens is 286 g/mol. The minimum Gasteiger partial charge on any atom is -0.461 e. The molecule has 0 saturated heterocycles. The molecule has 3 N–H and O–H groups in total. The van der Waals surface area contributed by atoms with Gasteiger partial charge in [0, 0.05) is 5.69 Å². The van der Waals surface area contributed by atoms with Gasteiger partial charge in [0.05, 0.1) is 6.61 Å². The van der Waals surface area contributed by atoms with E-state index in [0.717, 1.165) is 0 Å². The molecule has 22 heavy (non-hydrogen) atoms. The summed E-state index contributed by atoms with van der Waals surface area (Å²) in [6, 6.07) is 8.26. The van der Waals surface area contributed by atoms with E-state index in [1.54, 1.807) is 26.0 Å². The Kier molecular flexibility index (Phi) is 4.72. The third-order valence-corrected chi connectivity index (χ3v) is 2.99. The van der Waals surface area contributed by atoms with E-state index in [4.69, 9.17) is 10.5 Å². The number of anilines is 2. The van der Waals surface area contributed by atoms with Crippen LogP contribution in [0.5, 0.6) is 0 Å². The molecule has 0 saturated carbocycles. The molecule has 8 heteroatoms. The van der Waals surface area contributed by atoms with Crippen molar-refractivity contribution in [3.05, 3.63) is 36.0 Å². The van der Waals surface area contributed by atoms with Gasteiger partial charge in [-0.1, -0.05) is 23.4 Å². The summed E-state index contributed by atoms with van der Waals surface area (Å²) in [6.07, 6.45) is 0. The van der Waals surface area contributed by atoms with Crippen molar-refractivity contribution in [2.45, 2.75) is 19.9 Å². The molecule has 1 amide bonds. The Balaban J connectivity index is 2.14. The van der Waals surface area contributed by atoms with Gasteiger partial charge in [0.15, 0.2) is 5.82 Å². The predicted octanol–water partition coefficient (Wildman–Crippen LogP) is 1.24. The molecule has 0 spiro atoms. The van der Waals surface area contributed by atoms with Crippen molar-refractivity contribution in [2.24, 2.45) is 0 Å². The van der Waals surface area contributed by atoms with Crippen LogP contribution < -0.4 is 11.1 Å². The quantitative estimate of drug-likeness (QED) is 0.804. The fraction of sp³-hybridized carbons (Fsp3) is 0.286. The van der Waals surface area contributed by atoms with Gasteiger partial charge in [0.2, 0.25) is 11.6 Å². The minimum absolute atomic E-state index is 0.00541. The number of benzene rings is 1. The first-order valence-corrected chi connectivity index (χ1v) is 6.78. The maximum atomic E-state index is 12.2. The summed E-state index contributed by atoms with van der Waals surface area (Å²) in [6.45, 7) is 3.49. The standard InChI is InChI=1S/C14H17N5O3/c1-3-22-14(21)11-12(15)19(18-17-11)9(2)13(20)16-10-7-5-4-6-8-10/h4-9H,3,15H2,1-2H3,(H,16,20). The van der Waals surface area contributed by atoms with Gasteiger partial charge in [-0.15, -0.1) is 5.10 Å². The molecule has 0 fully saturated rings. The lowest BCUT2D eigenvalue weighted by molar-refractivity contribution is -0.119. The van der Waals surface area contributed by atoms with Crippen LogP contribution in [0.1, 0.15) is 30.4 Å². The number of nitrogen functional groups attached to an aromatic ring is 1. The van der Waals surface area contributed by atoms with Crippen LogP contribution in [0.2, 0.25) is 0 Å². The zero-order valence-electron chi connectivity index (χ0n) is 12.3. The molecule has 0 aliphatic rings. The number of carbonyl (C=O) groups excluding carboxylic acids is 2. The molecule has 0 bridgehead atoms. The van der Waals surface area contributed by atoms with Gasteiger partial charge in [-0.2, -0.15) is 0 Å². The minimum atomic E-state index is -0.726. The van der Waals surface area contributed by atoms with E-state index in [-0.39, 0.29) is 24.0 Å². The zero-order valence-corrected chi connectivity index (χ0v) is 12.3. The van der Waals surface area contributed by atoms with Crippen molar-refractivity contribution in [2.75, 3.05) is 17.7 Å². The number of hydrogen-bond donors (Lipinski definition) is 2. The summed E-state index contributed by atoms with van der Waals surface area (Å²) in [5.74, 6) is -0.991. The van der Waals surface area contributed by atoms with Gasteiger partial charge in [-0.05, 0) is 26.0 Å². The molecule has 2 rings (SSSR count).